The average molecular weight is 484 g/mol. The zero-order chi connectivity index (χ0) is 23.8. The van der Waals surface area contributed by atoms with Crippen LogP contribution in [0, 0.1) is 0 Å². The maximum atomic E-state index is 13.5. The van der Waals surface area contributed by atoms with Crippen molar-refractivity contribution in [3.8, 4) is 11.5 Å². The molecule has 0 fully saturated rings. The highest BCUT2D eigenvalue weighted by molar-refractivity contribution is 6.30. The first kappa shape index (κ1) is 22.1. The number of amides is 1. The van der Waals surface area contributed by atoms with Crippen molar-refractivity contribution in [3.63, 3.8) is 0 Å². The maximum absolute atomic E-state index is 13.5. The van der Waals surface area contributed by atoms with Crippen LogP contribution in [0.1, 0.15) is 51.6 Å². The minimum Gasteiger partial charge on any atom is -0.415 e. The van der Waals surface area contributed by atoms with Crippen LogP contribution < -0.4 is 0 Å². The highest BCUT2D eigenvalue weighted by Gasteiger charge is 2.39. The maximum Gasteiger partial charge on any atom is 0.314 e. The van der Waals surface area contributed by atoms with Crippen LogP contribution in [0.5, 0.6) is 0 Å². The number of benzene rings is 2. The van der Waals surface area contributed by atoms with Crippen LogP contribution in [-0.4, -0.2) is 36.3 Å². The van der Waals surface area contributed by atoms with Crippen LogP contribution in [0.25, 0.3) is 11.5 Å². The van der Waals surface area contributed by atoms with Crippen LogP contribution in [0.4, 0.5) is 8.78 Å². The molecule has 172 valence electrons. The molecule has 0 unspecified atom stereocenters. The summed E-state index contributed by atoms with van der Waals surface area (Å²) in [6.07, 6.45) is -2.51. The van der Waals surface area contributed by atoms with Crippen molar-refractivity contribution in [1.82, 2.24) is 25.3 Å². The zero-order valence-electron chi connectivity index (χ0n) is 17.3. The molecule has 1 amide bonds. The molecular formula is C23H16ClF2N5O3. The van der Waals surface area contributed by atoms with Crippen LogP contribution >= 0.6 is 11.6 Å². The van der Waals surface area contributed by atoms with Gasteiger partial charge in [0, 0.05) is 28.9 Å². The molecule has 1 aliphatic rings. The summed E-state index contributed by atoms with van der Waals surface area (Å²) in [5.41, 5.74) is 2.33. The topological polar surface area (TPSA) is 105 Å². The molecule has 0 saturated heterocycles. The lowest BCUT2D eigenvalue weighted by atomic mass is 9.98. The lowest BCUT2D eigenvalue weighted by molar-refractivity contribution is 0.0344. The SMILES string of the molecule is O=C1c2cc(-c3nnc(C(F)F)o3)ccc2CN1[C@H](c1cccnn1)[C@@H](O)c1ccc(Cl)cc1. The minimum atomic E-state index is -2.89. The van der Waals surface area contributed by atoms with E-state index in [0.29, 0.717) is 33.0 Å². The van der Waals surface area contributed by atoms with Gasteiger partial charge in [0.2, 0.25) is 5.89 Å². The Morgan fingerprint density at radius 3 is 2.53 bits per heavy atom. The van der Waals surface area contributed by atoms with E-state index in [1.807, 2.05) is 0 Å². The minimum absolute atomic E-state index is 0.115. The molecule has 2 aromatic carbocycles. The monoisotopic (exact) mass is 483 g/mol. The molecule has 5 rings (SSSR count). The normalized spacial score (nSPS) is 15.0. The molecule has 4 aromatic rings. The Morgan fingerprint density at radius 2 is 1.85 bits per heavy atom. The van der Waals surface area contributed by atoms with E-state index in [-0.39, 0.29) is 18.3 Å². The number of hydrogen-bond acceptors (Lipinski definition) is 7. The fraction of sp³-hybridized carbons (Fsp3) is 0.174. The van der Waals surface area contributed by atoms with Gasteiger partial charge in [-0.15, -0.1) is 10.2 Å². The molecule has 0 aliphatic carbocycles. The predicted octanol–water partition coefficient (Wildman–Crippen LogP) is 4.55. The number of hydrogen-bond donors (Lipinski definition) is 1. The number of aliphatic hydroxyl groups excluding tert-OH is 1. The number of aromatic nitrogens is 4. The molecule has 8 nitrogen and oxygen atoms in total. The largest absolute Gasteiger partial charge is 0.415 e. The van der Waals surface area contributed by atoms with Crippen molar-refractivity contribution in [2.24, 2.45) is 0 Å². The fourth-order valence-electron chi connectivity index (χ4n) is 3.93. The second kappa shape index (κ2) is 8.88. The first-order valence-electron chi connectivity index (χ1n) is 10.2. The van der Waals surface area contributed by atoms with Gasteiger partial charge in [0.25, 0.3) is 11.8 Å². The number of fused-ring (bicyclic) bond motifs is 1. The first-order chi connectivity index (χ1) is 16.4. The second-order valence-electron chi connectivity index (χ2n) is 7.64. The van der Waals surface area contributed by atoms with Gasteiger partial charge in [-0.2, -0.15) is 19.0 Å². The fourth-order valence-corrected chi connectivity index (χ4v) is 4.05. The Labute approximate surface area is 196 Å². The molecule has 2 atom stereocenters. The number of rotatable bonds is 6. The third-order valence-electron chi connectivity index (χ3n) is 5.56. The van der Waals surface area contributed by atoms with Gasteiger partial charge < -0.3 is 14.4 Å². The Bertz CT molecular complexity index is 1330. The van der Waals surface area contributed by atoms with Crippen LogP contribution in [0.3, 0.4) is 0 Å². The van der Waals surface area contributed by atoms with E-state index >= 15 is 0 Å². The van der Waals surface area contributed by atoms with E-state index in [4.69, 9.17) is 16.0 Å². The molecule has 1 aliphatic heterocycles. The number of aliphatic hydroxyl groups is 1. The molecule has 2 aromatic heterocycles. The van der Waals surface area contributed by atoms with Crippen molar-refractivity contribution in [2.75, 3.05) is 0 Å². The van der Waals surface area contributed by atoms with Gasteiger partial charge in [-0.3, -0.25) is 4.79 Å². The summed E-state index contributed by atoms with van der Waals surface area (Å²) < 4.78 is 30.6. The summed E-state index contributed by atoms with van der Waals surface area (Å²) in [6.45, 7) is 0.201. The van der Waals surface area contributed by atoms with Gasteiger partial charge in [0.1, 0.15) is 12.1 Å². The van der Waals surface area contributed by atoms with E-state index in [0.717, 1.165) is 0 Å². The highest BCUT2D eigenvalue weighted by Crippen LogP contribution is 2.39. The molecule has 34 heavy (non-hydrogen) atoms. The summed E-state index contributed by atoms with van der Waals surface area (Å²) in [7, 11) is 0. The zero-order valence-corrected chi connectivity index (χ0v) is 18.1. The molecule has 3 heterocycles. The predicted molar refractivity (Wildman–Crippen MR) is 116 cm³/mol. The number of carbonyl (C=O) groups excluding carboxylic acids is 1. The summed E-state index contributed by atoms with van der Waals surface area (Å²) >= 11 is 5.98. The molecule has 0 radical (unpaired) electrons. The summed E-state index contributed by atoms with van der Waals surface area (Å²) in [5.74, 6) is -1.28. The second-order valence-corrected chi connectivity index (χ2v) is 8.08. The molecule has 1 N–H and O–H groups in total. The van der Waals surface area contributed by atoms with E-state index in [2.05, 4.69) is 20.4 Å². The smallest absolute Gasteiger partial charge is 0.314 e. The molecule has 0 saturated carbocycles. The third-order valence-corrected chi connectivity index (χ3v) is 5.81. The van der Waals surface area contributed by atoms with E-state index < -0.39 is 24.5 Å². The van der Waals surface area contributed by atoms with Gasteiger partial charge in [-0.25, -0.2) is 0 Å². The first-order valence-corrected chi connectivity index (χ1v) is 10.6. The van der Waals surface area contributed by atoms with E-state index in [1.54, 1.807) is 48.5 Å². The van der Waals surface area contributed by atoms with Crippen molar-refractivity contribution in [1.29, 1.82) is 0 Å². The Kier molecular flexibility index (Phi) is 5.76. The van der Waals surface area contributed by atoms with Crippen molar-refractivity contribution >= 4 is 17.5 Å². The lowest BCUT2D eigenvalue weighted by Gasteiger charge is -2.31. The van der Waals surface area contributed by atoms with Gasteiger partial charge in [-0.1, -0.05) is 29.8 Å². The number of halogens is 3. The van der Waals surface area contributed by atoms with E-state index in [1.165, 1.54) is 17.2 Å². The lowest BCUT2D eigenvalue weighted by Crippen LogP contribution is -2.34. The van der Waals surface area contributed by atoms with Crippen molar-refractivity contribution < 1.29 is 23.1 Å². The van der Waals surface area contributed by atoms with Crippen molar-refractivity contribution in [3.05, 3.63) is 94.1 Å². The van der Waals surface area contributed by atoms with Gasteiger partial charge in [0.15, 0.2) is 0 Å². The van der Waals surface area contributed by atoms with Gasteiger partial charge in [-0.05, 0) is 47.5 Å². The quantitative estimate of drug-likeness (QED) is 0.429. The van der Waals surface area contributed by atoms with E-state index in [9.17, 15) is 18.7 Å². The highest BCUT2D eigenvalue weighted by atomic mass is 35.5. The van der Waals surface area contributed by atoms with Gasteiger partial charge >= 0.3 is 6.43 Å². The Balaban J connectivity index is 1.50. The molecule has 11 heteroatoms. The van der Waals surface area contributed by atoms with Crippen molar-refractivity contribution in [2.45, 2.75) is 25.1 Å². The summed E-state index contributed by atoms with van der Waals surface area (Å²) in [6, 6.07) is 14.0. The molecule has 0 spiro atoms. The van der Waals surface area contributed by atoms with Crippen LogP contribution in [0.2, 0.25) is 5.02 Å². The number of nitrogens with zero attached hydrogens (tertiary/aromatic N) is 5. The average Bonchev–Trinajstić information content (AvgIpc) is 3.46. The standard InChI is InChI=1S/C23H16ClF2N5O3/c24-15-7-5-12(6-8-15)19(32)18(17-2-1-9-27-28-17)31-11-14-4-3-13(10-16(14)23(31)33)21-29-30-22(34-21)20(25)26/h1-10,18-20,32H,11H2/t18-,19+/m1/s1. The Hall–Kier alpha value is -3.76. The number of alkyl halides is 2. The third kappa shape index (κ3) is 4.02. The van der Waals surface area contributed by atoms with Crippen LogP contribution in [0.15, 0.2) is 65.2 Å². The molecular weight excluding hydrogens is 468 g/mol. The summed E-state index contributed by atoms with van der Waals surface area (Å²) in [5, 5.41) is 26.8. The molecule has 0 bridgehead atoms. The Morgan fingerprint density at radius 1 is 1.06 bits per heavy atom. The number of carbonyl (C=O) groups is 1. The van der Waals surface area contributed by atoms with Crippen LogP contribution in [-0.2, 0) is 6.54 Å². The summed E-state index contributed by atoms with van der Waals surface area (Å²) in [4.78, 5) is 15.0. The van der Waals surface area contributed by atoms with Gasteiger partial charge in [0.05, 0.1) is 5.69 Å².